The zero-order valence-electron chi connectivity index (χ0n) is 14.5. The molecular weight excluding hydrogens is 330 g/mol. The van der Waals surface area contributed by atoms with Crippen LogP contribution >= 0.6 is 0 Å². The van der Waals surface area contributed by atoms with E-state index in [1.807, 2.05) is 28.9 Å². The molecular formula is C19H19N5O2. The number of pyridine rings is 2. The lowest BCUT2D eigenvalue weighted by Crippen LogP contribution is -2.26. The number of ether oxygens (including phenoxy) is 1. The molecule has 2 fully saturated rings. The molecule has 1 saturated heterocycles. The van der Waals surface area contributed by atoms with Gasteiger partial charge in [-0.3, -0.25) is 4.79 Å². The number of anilines is 1. The Morgan fingerprint density at radius 3 is 2.81 bits per heavy atom. The van der Waals surface area contributed by atoms with Gasteiger partial charge in [-0.25, -0.2) is 14.6 Å². The van der Waals surface area contributed by atoms with Crippen LogP contribution in [0.2, 0.25) is 0 Å². The lowest BCUT2D eigenvalue weighted by molar-refractivity contribution is -0.114. The van der Waals surface area contributed by atoms with Crippen LogP contribution in [0.25, 0.3) is 16.7 Å². The third kappa shape index (κ3) is 2.64. The van der Waals surface area contributed by atoms with Crippen LogP contribution in [0.1, 0.15) is 43.0 Å². The van der Waals surface area contributed by atoms with Gasteiger partial charge in [-0.15, -0.1) is 0 Å². The molecule has 1 amide bonds. The highest BCUT2D eigenvalue weighted by atomic mass is 16.5. The van der Waals surface area contributed by atoms with Gasteiger partial charge in [-0.2, -0.15) is 5.10 Å². The number of hydrogen-bond acceptors (Lipinski definition) is 5. The SMILES string of the molecule is CC(=O)Nc1cc2c(cn1)c(C1CC1)nn2-c1cccc(C2COC2)n1. The molecule has 7 heteroatoms. The quantitative estimate of drug-likeness (QED) is 0.783. The summed E-state index contributed by atoms with van der Waals surface area (Å²) in [7, 11) is 0. The molecule has 0 unspecified atom stereocenters. The topological polar surface area (TPSA) is 81.9 Å². The summed E-state index contributed by atoms with van der Waals surface area (Å²) in [6.45, 7) is 2.92. The molecule has 4 heterocycles. The minimum atomic E-state index is -0.143. The second-order valence-electron chi connectivity index (χ2n) is 6.99. The van der Waals surface area contributed by atoms with Gasteiger partial charge in [0, 0.05) is 36.4 Å². The Balaban J connectivity index is 1.64. The number of carbonyl (C=O) groups is 1. The van der Waals surface area contributed by atoms with E-state index in [0.717, 1.165) is 54.2 Å². The van der Waals surface area contributed by atoms with Gasteiger partial charge in [0.2, 0.25) is 5.91 Å². The maximum absolute atomic E-state index is 11.4. The summed E-state index contributed by atoms with van der Waals surface area (Å²) in [6.07, 6.45) is 4.13. The Hall–Kier alpha value is -2.80. The van der Waals surface area contributed by atoms with E-state index in [9.17, 15) is 4.79 Å². The van der Waals surface area contributed by atoms with E-state index in [4.69, 9.17) is 14.8 Å². The highest BCUT2D eigenvalue weighted by Crippen LogP contribution is 2.43. The monoisotopic (exact) mass is 349 g/mol. The first-order valence-corrected chi connectivity index (χ1v) is 8.90. The van der Waals surface area contributed by atoms with E-state index in [-0.39, 0.29) is 5.91 Å². The fourth-order valence-corrected chi connectivity index (χ4v) is 3.31. The number of amides is 1. The second-order valence-corrected chi connectivity index (χ2v) is 6.99. The van der Waals surface area contributed by atoms with E-state index < -0.39 is 0 Å². The maximum Gasteiger partial charge on any atom is 0.222 e. The van der Waals surface area contributed by atoms with Crippen molar-refractivity contribution >= 4 is 22.6 Å². The molecule has 0 spiro atoms. The van der Waals surface area contributed by atoms with Crippen LogP contribution in [0.15, 0.2) is 30.5 Å². The van der Waals surface area contributed by atoms with Crippen molar-refractivity contribution in [3.05, 3.63) is 41.9 Å². The van der Waals surface area contributed by atoms with E-state index in [1.165, 1.54) is 6.92 Å². The first-order chi connectivity index (χ1) is 12.7. The molecule has 0 bridgehead atoms. The standard InChI is InChI=1S/C19H19N5O2/c1-11(25)21-17-7-16-14(8-20-17)19(12-5-6-12)23-24(16)18-4-2-3-15(22-18)13-9-26-10-13/h2-4,7-8,12-13H,5-6,9-10H2,1H3,(H,20,21,25). The van der Waals surface area contributed by atoms with Gasteiger partial charge in [0.15, 0.2) is 5.82 Å². The highest BCUT2D eigenvalue weighted by molar-refractivity contribution is 5.91. The predicted octanol–water partition coefficient (Wildman–Crippen LogP) is 2.77. The average molecular weight is 349 g/mol. The first-order valence-electron chi connectivity index (χ1n) is 8.90. The Kier molecular flexibility index (Phi) is 3.49. The van der Waals surface area contributed by atoms with Crippen molar-refractivity contribution in [3.8, 4) is 5.82 Å². The summed E-state index contributed by atoms with van der Waals surface area (Å²) in [5, 5.41) is 8.63. The number of rotatable bonds is 4. The Morgan fingerprint density at radius 1 is 1.27 bits per heavy atom. The van der Waals surface area contributed by atoms with Gasteiger partial charge in [0.1, 0.15) is 5.82 Å². The minimum Gasteiger partial charge on any atom is -0.380 e. The molecule has 1 N–H and O–H groups in total. The summed E-state index contributed by atoms with van der Waals surface area (Å²) >= 11 is 0. The lowest BCUT2D eigenvalue weighted by Gasteiger charge is -2.25. The number of nitrogens with one attached hydrogen (secondary N) is 1. The molecule has 0 atom stereocenters. The number of carbonyl (C=O) groups excluding carboxylic acids is 1. The molecule has 0 radical (unpaired) electrons. The second kappa shape index (κ2) is 5.88. The molecule has 7 nitrogen and oxygen atoms in total. The first kappa shape index (κ1) is 15.5. The summed E-state index contributed by atoms with van der Waals surface area (Å²) in [6, 6.07) is 7.88. The van der Waals surface area contributed by atoms with Gasteiger partial charge in [0.25, 0.3) is 0 Å². The van der Waals surface area contributed by atoms with Crippen LogP contribution in [0, 0.1) is 0 Å². The van der Waals surface area contributed by atoms with Crippen LogP contribution in [-0.4, -0.2) is 38.9 Å². The average Bonchev–Trinajstić information content (AvgIpc) is 3.34. The zero-order valence-corrected chi connectivity index (χ0v) is 14.5. The summed E-state index contributed by atoms with van der Waals surface area (Å²) in [4.78, 5) is 20.6. The van der Waals surface area contributed by atoms with Crippen LogP contribution in [0.4, 0.5) is 5.82 Å². The van der Waals surface area contributed by atoms with Crippen molar-refractivity contribution in [2.45, 2.75) is 31.6 Å². The van der Waals surface area contributed by atoms with Crippen molar-refractivity contribution in [2.75, 3.05) is 18.5 Å². The number of nitrogens with zero attached hydrogens (tertiary/aromatic N) is 4. The third-order valence-electron chi connectivity index (χ3n) is 4.89. The molecule has 1 aliphatic heterocycles. The Labute approximate surface area is 150 Å². The van der Waals surface area contributed by atoms with Crippen molar-refractivity contribution in [1.29, 1.82) is 0 Å². The van der Waals surface area contributed by atoms with Gasteiger partial charge in [-0.05, 0) is 25.0 Å². The molecule has 3 aromatic heterocycles. The van der Waals surface area contributed by atoms with Gasteiger partial charge in [0.05, 0.1) is 30.1 Å². The Bertz CT molecular complexity index is 1000. The van der Waals surface area contributed by atoms with Gasteiger partial charge in [-0.1, -0.05) is 6.07 Å². The molecule has 3 aromatic rings. The number of hydrogen-bond donors (Lipinski definition) is 1. The van der Waals surface area contributed by atoms with Crippen LogP contribution in [0.3, 0.4) is 0 Å². The van der Waals surface area contributed by atoms with Crippen LogP contribution < -0.4 is 5.32 Å². The maximum atomic E-state index is 11.4. The highest BCUT2D eigenvalue weighted by Gasteiger charge is 2.30. The molecule has 132 valence electrons. The molecule has 1 aliphatic carbocycles. The fraction of sp³-hybridized carbons (Fsp3) is 0.368. The van der Waals surface area contributed by atoms with E-state index in [1.54, 1.807) is 6.20 Å². The van der Waals surface area contributed by atoms with E-state index >= 15 is 0 Å². The normalized spacial score (nSPS) is 17.3. The van der Waals surface area contributed by atoms with Crippen molar-refractivity contribution in [3.63, 3.8) is 0 Å². The van der Waals surface area contributed by atoms with Crippen molar-refractivity contribution in [2.24, 2.45) is 0 Å². The zero-order chi connectivity index (χ0) is 17.7. The Morgan fingerprint density at radius 2 is 2.12 bits per heavy atom. The molecule has 0 aromatic carbocycles. The van der Waals surface area contributed by atoms with Crippen molar-refractivity contribution < 1.29 is 9.53 Å². The van der Waals surface area contributed by atoms with E-state index in [2.05, 4.69) is 10.3 Å². The largest absolute Gasteiger partial charge is 0.380 e. The van der Waals surface area contributed by atoms with Gasteiger partial charge < -0.3 is 10.1 Å². The molecule has 26 heavy (non-hydrogen) atoms. The third-order valence-corrected chi connectivity index (χ3v) is 4.89. The minimum absolute atomic E-state index is 0.143. The van der Waals surface area contributed by atoms with Crippen molar-refractivity contribution in [1.82, 2.24) is 19.7 Å². The van der Waals surface area contributed by atoms with Gasteiger partial charge >= 0.3 is 0 Å². The smallest absolute Gasteiger partial charge is 0.222 e. The summed E-state index contributed by atoms with van der Waals surface area (Å²) in [5.74, 6) is 2.02. The van der Waals surface area contributed by atoms with E-state index in [0.29, 0.717) is 17.7 Å². The van der Waals surface area contributed by atoms with Crippen LogP contribution in [0.5, 0.6) is 0 Å². The van der Waals surface area contributed by atoms with Crippen LogP contribution in [-0.2, 0) is 9.53 Å². The lowest BCUT2D eigenvalue weighted by atomic mass is 10.0. The molecule has 1 saturated carbocycles. The summed E-state index contributed by atoms with van der Waals surface area (Å²) in [5.41, 5.74) is 3.02. The predicted molar refractivity (Wildman–Crippen MR) is 96.5 cm³/mol. The molecule has 2 aliphatic rings. The number of fused-ring (bicyclic) bond motifs is 1. The molecule has 5 rings (SSSR count). The fourth-order valence-electron chi connectivity index (χ4n) is 3.31. The summed E-state index contributed by atoms with van der Waals surface area (Å²) < 4.78 is 7.16. The number of aromatic nitrogens is 4.